The SMILES string of the molecule is CC(C)(C)[Si](C)(C)O[C@H]1[C@@H](O[P@](=S)(OC[C@@H]2CCCN2C(=O)C(F)(F)F)OC[C@H]2O[C@@H](n3cc4c5c(ncnc53)N(C(=O)OCC[Si](C)(C)C)CCC4)[C@@H](F)[C@@H]2P(=O)([O-])[O-])[C@H](n2cnc3c(=O)n(CCOCNC(=O)CNC(=O)OCC[Si](C)(C)C)cnc32)O[C@@H]1CO.CC[NH+](CC)CC.CC[NH+](CC)CC. The summed E-state index contributed by atoms with van der Waals surface area (Å²) < 4.78 is 131. The third-order valence-electron chi connectivity index (χ3n) is 19.8. The minimum Gasteiger partial charge on any atom is -0.810 e. The number of alkyl carbamates (subject to hydrolysis) is 1. The summed E-state index contributed by atoms with van der Waals surface area (Å²) in [6, 6.07) is 0.172. The van der Waals surface area contributed by atoms with Gasteiger partial charge in [0.2, 0.25) is 5.91 Å². The number of carbonyl (C=O) groups is 4. The van der Waals surface area contributed by atoms with Crippen LogP contribution in [0.25, 0.3) is 22.2 Å². The number of nitrogens with one attached hydrogen (secondary N) is 4. The van der Waals surface area contributed by atoms with Gasteiger partial charge in [0.25, 0.3) is 5.56 Å². The van der Waals surface area contributed by atoms with Crippen LogP contribution < -0.4 is 40.7 Å². The Kier molecular flexibility index (Phi) is 33.7. The van der Waals surface area contributed by atoms with E-state index in [0.29, 0.717) is 34.7 Å². The zero-order valence-electron chi connectivity index (χ0n) is 65.0. The van der Waals surface area contributed by atoms with Crippen LogP contribution in [0.5, 0.6) is 0 Å². The van der Waals surface area contributed by atoms with Crippen LogP contribution in [0.3, 0.4) is 0 Å². The maximum atomic E-state index is 17.2. The summed E-state index contributed by atoms with van der Waals surface area (Å²) in [5.41, 5.74) is -2.90. The van der Waals surface area contributed by atoms with Gasteiger partial charge in [0.05, 0.1) is 115 Å². The number of aromatic nitrogens is 7. The number of anilines is 1. The molecule has 0 spiro atoms. The molecule has 107 heavy (non-hydrogen) atoms. The van der Waals surface area contributed by atoms with E-state index >= 15 is 4.39 Å². The molecule has 608 valence electrons. The zero-order valence-corrected chi connectivity index (χ0v) is 70.6. The molecule has 4 aliphatic rings. The first kappa shape index (κ1) is 91.1. The lowest BCUT2D eigenvalue weighted by molar-refractivity contribution is -0.894. The number of ether oxygens (including phenoxy) is 5. The second-order valence-electron chi connectivity index (χ2n) is 30.8. The van der Waals surface area contributed by atoms with Gasteiger partial charge in [0.1, 0.15) is 49.9 Å². The van der Waals surface area contributed by atoms with Crippen molar-refractivity contribution in [3.8, 4) is 0 Å². The van der Waals surface area contributed by atoms with E-state index in [1.165, 1.54) is 76.7 Å². The molecule has 31 nitrogen and oxygen atoms in total. The molecule has 10 atom stereocenters. The maximum absolute atomic E-state index is 17.2. The summed E-state index contributed by atoms with van der Waals surface area (Å²) in [4.78, 5) is 114. The molecule has 0 radical (unpaired) electrons. The number of imidazole rings is 1. The molecule has 41 heteroatoms. The van der Waals surface area contributed by atoms with Crippen LogP contribution in [0.4, 0.5) is 33.0 Å². The van der Waals surface area contributed by atoms with Crippen molar-refractivity contribution >= 4 is 103 Å². The molecule has 3 saturated heterocycles. The van der Waals surface area contributed by atoms with E-state index < -0.39 is 154 Å². The molecule has 4 aromatic rings. The average Bonchev–Trinajstić information content (AvgIpc) is 1.56. The van der Waals surface area contributed by atoms with Gasteiger partial charge in [0.15, 0.2) is 43.9 Å². The smallest absolute Gasteiger partial charge is 0.471 e. The highest BCUT2D eigenvalue weighted by Crippen LogP contribution is 2.58. The Morgan fingerprint density at radius 3 is 1.94 bits per heavy atom. The van der Waals surface area contributed by atoms with E-state index in [1.54, 1.807) is 9.80 Å². The minimum absolute atomic E-state index is 0.0106. The van der Waals surface area contributed by atoms with Gasteiger partial charge in [-0.3, -0.25) is 32.9 Å². The van der Waals surface area contributed by atoms with Gasteiger partial charge >= 0.3 is 31.0 Å². The van der Waals surface area contributed by atoms with Crippen molar-refractivity contribution in [3.05, 3.63) is 41.1 Å². The first-order chi connectivity index (χ1) is 50.0. The number of aryl methyl sites for hydroxylation is 1. The van der Waals surface area contributed by atoms with Crippen LogP contribution in [0.2, 0.25) is 69.5 Å². The van der Waals surface area contributed by atoms with Gasteiger partial charge in [-0.15, -0.1) is 0 Å². The number of alkyl halides is 4. The average molecular weight is 1630 g/mol. The number of carbonyl (C=O) groups excluding carboxylic acids is 4. The summed E-state index contributed by atoms with van der Waals surface area (Å²) in [5, 5.41) is 15.7. The van der Waals surface area contributed by atoms with E-state index in [4.69, 9.17) is 53.5 Å². The number of hydrogen-bond donors (Lipinski definition) is 5. The van der Waals surface area contributed by atoms with Crippen molar-refractivity contribution in [1.29, 1.82) is 0 Å². The zero-order chi connectivity index (χ0) is 79.8. The predicted molar refractivity (Wildman–Crippen MR) is 401 cm³/mol. The highest BCUT2D eigenvalue weighted by atomic mass is 32.5. The van der Waals surface area contributed by atoms with Crippen LogP contribution in [0.15, 0.2) is 30.0 Å². The minimum atomic E-state index is -6.02. The number of likely N-dealkylation sites (tertiary alicyclic amines) is 1. The van der Waals surface area contributed by atoms with E-state index in [9.17, 15) is 56.6 Å². The van der Waals surface area contributed by atoms with Gasteiger partial charge in [-0.1, -0.05) is 67.6 Å². The number of aliphatic hydroxyl groups is 1. The molecule has 4 aliphatic heterocycles. The lowest BCUT2D eigenvalue weighted by Gasteiger charge is -2.41. The van der Waals surface area contributed by atoms with Crippen LogP contribution in [-0.4, -0.2) is 246 Å². The number of amides is 4. The predicted octanol–water partition coefficient (Wildman–Crippen LogP) is 5.28. The van der Waals surface area contributed by atoms with Crippen molar-refractivity contribution in [1.82, 2.24) is 49.2 Å². The van der Waals surface area contributed by atoms with Crippen LogP contribution in [0, 0.1) is 0 Å². The van der Waals surface area contributed by atoms with Crippen LogP contribution >= 0.6 is 14.3 Å². The summed E-state index contributed by atoms with van der Waals surface area (Å²) in [6.07, 6.45) is -13.1. The number of hydrogen-bond acceptors (Lipinski definition) is 23. The van der Waals surface area contributed by atoms with Crippen LogP contribution in [0.1, 0.15) is 99.6 Å². The van der Waals surface area contributed by atoms with Crippen LogP contribution in [-0.2, 0) is 80.6 Å². The fraction of sp³-hybridized carbons (Fsp3) is 0.773. The Hall–Kier alpha value is -4.78. The lowest BCUT2D eigenvalue weighted by atomic mass is 10.1. The second-order valence-corrected chi connectivity index (χ2v) is 51.4. The highest BCUT2D eigenvalue weighted by Gasteiger charge is 2.56. The molecule has 0 unspecified atom stereocenters. The van der Waals surface area contributed by atoms with Gasteiger partial charge < -0.3 is 86.5 Å². The summed E-state index contributed by atoms with van der Waals surface area (Å²) >= 11 is 6.11. The maximum Gasteiger partial charge on any atom is 0.471 e. The number of rotatable bonds is 33. The quantitative estimate of drug-likeness (QED) is 0.0133. The molecule has 0 saturated carbocycles. The molecule has 8 rings (SSSR count). The summed E-state index contributed by atoms with van der Waals surface area (Å²) in [5.74, 6) is -2.58. The Balaban J connectivity index is 0.00000116. The third kappa shape index (κ3) is 25.1. The molecule has 5 N–H and O–H groups in total. The van der Waals surface area contributed by atoms with E-state index in [-0.39, 0.29) is 88.2 Å². The standard InChI is InChI=1S/C54H85F4N11O18P2SSi3.2C6H15N/c1-53(2,3)93(10,11)87-41-35(26-70)84-49(69-31-62-40-46(69)63-30-65(47(40)72)18-19-79-32-64-37(71)24-59-51(74)80-20-22-91(4,5)6)42(41)86-89(90,82-27-34-15-13-16-66(34)50(73)54(56,57)58)83-28-36-43(88(76,77)78)39(55)48(85-36)68-25-33-14-12-17-67(44-38(33)45(68)61-29-60-44)52(75)81-21-23-92(7,8)9;2*1-4-7(5-2)6-3/h25,29-31,34-36,39,41-43,48-49,70H,12-24,26-28,32H2,1-11H3,(H,59,74)(H,64,71)(H2,76,77,78);2*4-6H2,1-3H3/t34-,35+,36+,39-,41+,42+,43+,48+,49+,89-;;/m0../s1. The first-order valence-electron chi connectivity index (χ1n) is 36.8. The van der Waals surface area contributed by atoms with Gasteiger partial charge in [-0.05, 0) is 115 Å². The molecule has 0 aromatic carbocycles. The highest BCUT2D eigenvalue weighted by molar-refractivity contribution is 8.07. The fourth-order valence-corrected chi connectivity index (χ4v) is 18.0. The van der Waals surface area contributed by atoms with Gasteiger partial charge in [0, 0.05) is 35.4 Å². The summed E-state index contributed by atoms with van der Waals surface area (Å²) in [6.45, 7) is 35.4. The van der Waals surface area contributed by atoms with Crippen molar-refractivity contribution in [3.63, 3.8) is 0 Å². The van der Waals surface area contributed by atoms with Crippen molar-refractivity contribution in [2.24, 2.45) is 0 Å². The number of quaternary nitrogens is 2. The molecular formula is C66H115F4N13O18P2SSi3. The molecule has 8 heterocycles. The normalized spacial score (nSPS) is 22.2. The monoisotopic (exact) mass is 1630 g/mol. The molecule has 0 bridgehead atoms. The second kappa shape index (κ2) is 39.6. The Labute approximate surface area is 632 Å². The van der Waals surface area contributed by atoms with Gasteiger partial charge in [-0.2, -0.15) is 13.2 Å². The van der Waals surface area contributed by atoms with Crippen molar-refractivity contribution in [2.75, 3.05) is 110 Å². The third-order valence-corrected chi connectivity index (χ3v) is 31.3. The first-order valence-corrected chi connectivity index (χ1v) is 51.3. The Morgan fingerprint density at radius 2 is 1.37 bits per heavy atom. The number of halogens is 4. The van der Waals surface area contributed by atoms with Crippen molar-refractivity contribution < 1.29 is 108 Å². The van der Waals surface area contributed by atoms with E-state index in [2.05, 4.69) is 111 Å². The molecule has 0 aliphatic carbocycles. The van der Waals surface area contributed by atoms with E-state index in [1.807, 2.05) is 33.9 Å². The molecule has 3 fully saturated rings. The van der Waals surface area contributed by atoms with Crippen molar-refractivity contribution in [2.45, 2.75) is 225 Å². The molecule has 4 amide bonds. The fourth-order valence-electron chi connectivity index (χ4n) is 12.2. The number of fused-ring (bicyclic) bond motifs is 1. The lowest BCUT2D eigenvalue weighted by Crippen LogP contribution is -3.11. The van der Waals surface area contributed by atoms with Gasteiger partial charge in [-0.25, -0.2) is 33.9 Å². The molecule has 4 aromatic heterocycles. The Bertz CT molecular complexity index is 3700. The van der Waals surface area contributed by atoms with E-state index in [0.717, 1.165) is 12.4 Å². The Morgan fingerprint density at radius 1 is 0.766 bits per heavy atom. The number of aliphatic hydroxyl groups excluding tert-OH is 1. The largest absolute Gasteiger partial charge is 0.810 e. The molecular weight excluding hydrogens is 1520 g/mol. The summed E-state index contributed by atoms with van der Waals surface area (Å²) in [7, 11) is -12.1. The number of nitrogens with zero attached hydrogens (tertiary/aromatic N) is 9. The topological polar surface area (TPSA) is 358 Å².